The van der Waals surface area contributed by atoms with Crippen LogP contribution in [0.2, 0.25) is 5.02 Å². The van der Waals surface area contributed by atoms with E-state index in [9.17, 15) is 29.3 Å². The van der Waals surface area contributed by atoms with Gasteiger partial charge in [0.05, 0.1) is 26.9 Å². The minimum absolute atomic E-state index is 0.0577. The summed E-state index contributed by atoms with van der Waals surface area (Å²) < 4.78 is 5.15. The second kappa shape index (κ2) is 10.3. The number of anilines is 2. The van der Waals surface area contributed by atoms with E-state index in [2.05, 4.69) is 10.6 Å². The fourth-order valence-electron chi connectivity index (χ4n) is 3.27. The van der Waals surface area contributed by atoms with Gasteiger partial charge in [0.25, 0.3) is 17.5 Å². The first-order chi connectivity index (χ1) is 16.1. The van der Waals surface area contributed by atoms with Gasteiger partial charge in [0.1, 0.15) is 12.6 Å². The molecule has 0 saturated carbocycles. The number of non-ortho nitro benzene ring substituents is 1. The van der Waals surface area contributed by atoms with Crippen LogP contribution < -0.4 is 15.5 Å². The fraction of sp³-hybridized carbons (Fsp3) is 0.273. The number of nitro groups is 1. The number of carbonyl (C=O) groups is 4. The van der Waals surface area contributed by atoms with Crippen LogP contribution in [0.4, 0.5) is 17.1 Å². The molecule has 1 atom stereocenters. The molecule has 11 nitrogen and oxygen atoms in total. The molecule has 0 spiro atoms. The molecular formula is C22H21ClN4O7. The van der Waals surface area contributed by atoms with Crippen molar-refractivity contribution in [3.05, 3.63) is 63.2 Å². The van der Waals surface area contributed by atoms with Crippen LogP contribution in [-0.4, -0.2) is 47.8 Å². The van der Waals surface area contributed by atoms with Crippen LogP contribution >= 0.6 is 11.6 Å². The van der Waals surface area contributed by atoms with Crippen LogP contribution in [-0.2, 0) is 19.1 Å². The Balaban J connectivity index is 1.67. The number of nitro benzene ring substituents is 1. The fourth-order valence-corrected chi connectivity index (χ4v) is 3.54. The number of para-hydroxylation sites is 2. The molecular weight excluding hydrogens is 468 g/mol. The number of carbonyl (C=O) groups excluding carboxylic acids is 4. The van der Waals surface area contributed by atoms with Gasteiger partial charge in [0, 0.05) is 12.1 Å². The number of halogens is 1. The van der Waals surface area contributed by atoms with Crippen molar-refractivity contribution in [2.45, 2.75) is 19.9 Å². The second-order valence-corrected chi connectivity index (χ2v) is 8.18. The number of hydrogen-bond acceptors (Lipinski definition) is 7. The van der Waals surface area contributed by atoms with Gasteiger partial charge in [-0.25, -0.2) is 4.79 Å². The summed E-state index contributed by atoms with van der Waals surface area (Å²) in [6.07, 6.45) is 0. The topological polar surface area (TPSA) is 148 Å². The van der Waals surface area contributed by atoms with Crippen molar-refractivity contribution in [1.82, 2.24) is 5.32 Å². The molecule has 0 unspecified atom stereocenters. The van der Waals surface area contributed by atoms with E-state index in [-0.39, 0.29) is 28.7 Å². The van der Waals surface area contributed by atoms with Gasteiger partial charge in [0.15, 0.2) is 6.61 Å². The number of ether oxygens (including phenoxy) is 1. The Labute approximate surface area is 199 Å². The van der Waals surface area contributed by atoms with Gasteiger partial charge >= 0.3 is 5.97 Å². The average molecular weight is 489 g/mol. The Bertz CT molecular complexity index is 1170. The highest BCUT2D eigenvalue weighted by atomic mass is 35.5. The first kappa shape index (κ1) is 24.6. The van der Waals surface area contributed by atoms with Crippen molar-refractivity contribution in [1.29, 1.82) is 0 Å². The summed E-state index contributed by atoms with van der Waals surface area (Å²) in [7, 11) is 0. The Morgan fingerprint density at radius 3 is 2.59 bits per heavy atom. The quantitative estimate of drug-likeness (QED) is 0.345. The highest BCUT2D eigenvalue weighted by Gasteiger charge is 2.30. The third-order valence-electron chi connectivity index (χ3n) is 5.02. The zero-order chi connectivity index (χ0) is 25.0. The van der Waals surface area contributed by atoms with Crippen LogP contribution in [0.1, 0.15) is 24.2 Å². The Kier molecular flexibility index (Phi) is 7.47. The summed E-state index contributed by atoms with van der Waals surface area (Å²) in [4.78, 5) is 61.3. The predicted molar refractivity (Wildman–Crippen MR) is 123 cm³/mol. The number of fused-ring (bicyclic) bond motifs is 1. The Morgan fingerprint density at radius 2 is 1.94 bits per heavy atom. The molecule has 0 aromatic heterocycles. The van der Waals surface area contributed by atoms with Crippen molar-refractivity contribution in [3.63, 3.8) is 0 Å². The molecule has 2 N–H and O–H groups in total. The van der Waals surface area contributed by atoms with Gasteiger partial charge in [0.2, 0.25) is 5.91 Å². The lowest BCUT2D eigenvalue weighted by Gasteiger charge is -2.29. The first-order valence-corrected chi connectivity index (χ1v) is 10.6. The molecule has 0 aliphatic carbocycles. The molecule has 0 bridgehead atoms. The van der Waals surface area contributed by atoms with Crippen molar-refractivity contribution < 1.29 is 28.8 Å². The molecule has 2 aromatic rings. The number of nitrogens with one attached hydrogen (secondary N) is 2. The SMILES string of the molecule is CC(C)[C@H](NC(=O)c1ccc([N+](=O)[O-])cc1Cl)C(=O)OCC(=O)N1CC(=O)Nc2ccccc21. The predicted octanol–water partition coefficient (Wildman–Crippen LogP) is 2.53. The molecule has 34 heavy (non-hydrogen) atoms. The highest BCUT2D eigenvalue weighted by molar-refractivity contribution is 6.34. The lowest BCUT2D eigenvalue weighted by molar-refractivity contribution is -0.384. The molecule has 1 aliphatic heterocycles. The molecule has 0 radical (unpaired) electrons. The van der Waals surface area contributed by atoms with Crippen molar-refractivity contribution in [3.8, 4) is 0 Å². The van der Waals surface area contributed by atoms with Crippen molar-refractivity contribution in [2.24, 2.45) is 5.92 Å². The summed E-state index contributed by atoms with van der Waals surface area (Å²) >= 11 is 5.99. The summed E-state index contributed by atoms with van der Waals surface area (Å²) in [5.74, 6) is -2.99. The molecule has 178 valence electrons. The Hall–Kier alpha value is -3.99. The number of nitrogens with zero attached hydrogens (tertiary/aromatic N) is 2. The number of esters is 1. The minimum Gasteiger partial charge on any atom is -0.454 e. The number of benzene rings is 2. The van der Waals surface area contributed by atoms with E-state index in [0.717, 1.165) is 12.1 Å². The normalized spacial score (nSPS) is 13.5. The van der Waals surface area contributed by atoms with Crippen molar-refractivity contribution >= 4 is 52.4 Å². The molecule has 2 aromatic carbocycles. The second-order valence-electron chi connectivity index (χ2n) is 7.77. The Morgan fingerprint density at radius 1 is 1.24 bits per heavy atom. The van der Waals surface area contributed by atoms with E-state index < -0.39 is 41.3 Å². The number of rotatable bonds is 7. The monoisotopic (exact) mass is 488 g/mol. The van der Waals surface area contributed by atoms with Gasteiger partial charge in [-0.3, -0.25) is 29.4 Å². The smallest absolute Gasteiger partial charge is 0.329 e. The third kappa shape index (κ3) is 5.49. The van der Waals surface area contributed by atoms with Gasteiger partial charge < -0.3 is 15.4 Å². The zero-order valence-electron chi connectivity index (χ0n) is 18.2. The molecule has 1 heterocycles. The van der Waals surface area contributed by atoms with E-state index in [1.54, 1.807) is 38.1 Å². The van der Waals surface area contributed by atoms with E-state index in [1.807, 2.05) is 0 Å². The maximum absolute atomic E-state index is 12.7. The van der Waals surface area contributed by atoms with Crippen LogP contribution in [0.25, 0.3) is 0 Å². The van der Waals surface area contributed by atoms with Gasteiger partial charge in [-0.15, -0.1) is 0 Å². The van der Waals surface area contributed by atoms with E-state index in [4.69, 9.17) is 16.3 Å². The van der Waals surface area contributed by atoms with Crippen LogP contribution in [0, 0.1) is 16.0 Å². The summed E-state index contributed by atoms with van der Waals surface area (Å²) in [6, 6.07) is 8.92. The molecule has 12 heteroatoms. The zero-order valence-corrected chi connectivity index (χ0v) is 19.0. The highest BCUT2D eigenvalue weighted by Crippen LogP contribution is 2.29. The van der Waals surface area contributed by atoms with E-state index in [0.29, 0.717) is 11.4 Å². The van der Waals surface area contributed by atoms with E-state index >= 15 is 0 Å². The third-order valence-corrected chi connectivity index (χ3v) is 5.34. The van der Waals surface area contributed by atoms with Gasteiger partial charge in [-0.1, -0.05) is 37.6 Å². The lowest BCUT2D eigenvalue weighted by Crippen LogP contribution is -2.47. The van der Waals surface area contributed by atoms with E-state index in [1.165, 1.54) is 11.0 Å². The number of amides is 3. The standard InChI is InChI=1S/C22H21ClN4O7/c1-12(2)20(25-21(30)14-8-7-13(27(32)33)9-15(14)23)22(31)34-11-19(29)26-10-18(28)24-16-5-3-4-6-17(16)26/h3-9,12,20H,10-11H2,1-2H3,(H,24,28)(H,25,30)/t20-/m0/s1. The summed E-state index contributed by atoms with van der Waals surface area (Å²) in [6.45, 7) is 2.46. The molecule has 0 fully saturated rings. The maximum atomic E-state index is 12.7. The lowest BCUT2D eigenvalue weighted by atomic mass is 10.0. The average Bonchev–Trinajstić information content (AvgIpc) is 2.79. The van der Waals surface area contributed by atoms with Gasteiger partial charge in [-0.2, -0.15) is 0 Å². The summed E-state index contributed by atoms with van der Waals surface area (Å²) in [5.41, 5.74) is 0.598. The molecule has 0 saturated heterocycles. The maximum Gasteiger partial charge on any atom is 0.329 e. The van der Waals surface area contributed by atoms with Crippen LogP contribution in [0.5, 0.6) is 0 Å². The molecule has 3 rings (SSSR count). The number of hydrogen-bond donors (Lipinski definition) is 2. The van der Waals surface area contributed by atoms with Crippen LogP contribution in [0.15, 0.2) is 42.5 Å². The first-order valence-electron chi connectivity index (χ1n) is 10.2. The minimum atomic E-state index is -1.12. The van der Waals surface area contributed by atoms with Gasteiger partial charge in [-0.05, 0) is 24.1 Å². The molecule has 1 aliphatic rings. The summed E-state index contributed by atoms with van der Waals surface area (Å²) in [5, 5.41) is 15.8. The van der Waals surface area contributed by atoms with Crippen LogP contribution in [0.3, 0.4) is 0 Å². The largest absolute Gasteiger partial charge is 0.454 e. The van der Waals surface area contributed by atoms with Crippen molar-refractivity contribution in [2.75, 3.05) is 23.4 Å². The molecule has 3 amide bonds.